The number of hydrogen-bond acceptors (Lipinski definition) is 1. The first-order valence-corrected chi connectivity index (χ1v) is 8.07. The summed E-state index contributed by atoms with van der Waals surface area (Å²) in [4.78, 5) is 0. The molecule has 0 aliphatic rings. The molecule has 0 spiro atoms. The Morgan fingerprint density at radius 2 is 1.81 bits per heavy atom. The molecular formula is C17H16BrClN2. The highest BCUT2D eigenvalue weighted by Gasteiger charge is 2.10. The zero-order valence-electron chi connectivity index (χ0n) is 11.7. The van der Waals surface area contributed by atoms with Crippen molar-refractivity contribution in [3.8, 4) is 0 Å². The van der Waals surface area contributed by atoms with Crippen LogP contribution in [-0.2, 0) is 6.54 Å². The van der Waals surface area contributed by atoms with E-state index in [1.54, 1.807) is 0 Å². The van der Waals surface area contributed by atoms with Crippen LogP contribution in [-0.4, -0.2) is 11.1 Å². The van der Waals surface area contributed by atoms with Gasteiger partial charge < -0.3 is 9.88 Å². The molecule has 0 amide bonds. The van der Waals surface area contributed by atoms with E-state index in [1.807, 2.05) is 24.3 Å². The van der Waals surface area contributed by atoms with Crippen molar-refractivity contribution in [2.24, 2.45) is 0 Å². The average Bonchev–Trinajstić information content (AvgIpc) is 2.74. The van der Waals surface area contributed by atoms with E-state index in [2.05, 4.69) is 57.0 Å². The molecule has 4 heteroatoms. The molecule has 21 heavy (non-hydrogen) atoms. The molecule has 3 rings (SSSR count). The Morgan fingerprint density at radius 3 is 2.62 bits per heavy atom. The smallest absolute Gasteiger partial charge is 0.0637 e. The molecule has 2 nitrogen and oxygen atoms in total. The molecule has 0 saturated carbocycles. The van der Waals surface area contributed by atoms with E-state index in [4.69, 9.17) is 11.6 Å². The van der Waals surface area contributed by atoms with Crippen LogP contribution >= 0.6 is 27.5 Å². The van der Waals surface area contributed by atoms with Crippen molar-refractivity contribution in [3.05, 3.63) is 63.7 Å². The molecular weight excluding hydrogens is 348 g/mol. The number of halogens is 2. The summed E-state index contributed by atoms with van der Waals surface area (Å²) in [6, 6.07) is 16.3. The van der Waals surface area contributed by atoms with Crippen LogP contribution in [0.4, 0.5) is 5.69 Å². The summed E-state index contributed by atoms with van der Waals surface area (Å²) in [5, 5.41) is 5.41. The Balaban J connectivity index is 1.80. The standard InChI is InChI=1S/C17H16BrClN2/c1-12-17(18)13-6-2-5-9-16(13)21(12)11-10-20-15-8-4-3-7-14(15)19/h2-9,20H,10-11H2,1H3. The second kappa shape index (κ2) is 6.12. The second-order valence-corrected chi connectivity index (χ2v) is 6.18. The quantitative estimate of drug-likeness (QED) is 0.649. The van der Waals surface area contributed by atoms with Crippen molar-refractivity contribution in [2.75, 3.05) is 11.9 Å². The van der Waals surface area contributed by atoms with Crippen LogP contribution < -0.4 is 5.32 Å². The first-order chi connectivity index (χ1) is 10.2. The summed E-state index contributed by atoms with van der Waals surface area (Å²) in [7, 11) is 0. The first kappa shape index (κ1) is 14.5. The summed E-state index contributed by atoms with van der Waals surface area (Å²) in [6.07, 6.45) is 0. The van der Waals surface area contributed by atoms with Crippen molar-refractivity contribution in [2.45, 2.75) is 13.5 Å². The third-order valence-electron chi connectivity index (χ3n) is 3.68. The number of rotatable bonds is 4. The monoisotopic (exact) mass is 362 g/mol. The predicted octanol–water partition coefficient (Wildman–Crippen LogP) is 5.48. The van der Waals surface area contributed by atoms with Gasteiger partial charge in [0.25, 0.3) is 0 Å². The Labute approximate surface area is 137 Å². The minimum atomic E-state index is 0.757. The minimum absolute atomic E-state index is 0.757. The second-order valence-electron chi connectivity index (χ2n) is 4.97. The number of para-hydroxylation sites is 2. The van der Waals surface area contributed by atoms with Gasteiger partial charge in [0, 0.05) is 34.2 Å². The van der Waals surface area contributed by atoms with E-state index in [1.165, 1.54) is 21.1 Å². The highest BCUT2D eigenvalue weighted by molar-refractivity contribution is 9.10. The topological polar surface area (TPSA) is 17.0 Å². The van der Waals surface area contributed by atoms with Crippen LogP contribution in [0.15, 0.2) is 53.0 Å². The maximum atomic E-state index is 6.16. The lowest BCUT2D eigenvalue weighted by molar-refractivity contribution is 0.733. The predicted molar refractivity (Wildman–Crippen MR) is 94.3 cm³/mol. The highest BCUT2D eigenvalue weighted by atomic mass is 79.9. The van der Waals surface area contributed by atoms with E-state index in [0.29, 0.717) is 0 Å². The molecule has 0 saturated heterocycles. The molecule has 1 N–H and O–H groups in total. The van der Waals surface area contributed by atoms with Gasteiger partial charge in [-0.1, -0.05) is 41.9 Å². The van der Waals surface area contributed by atoms with Crippen molar-refractivity contribution >= 4 is 44.1 Å². The van der Waals surface area contributed by atoms with Crippen LogP contribution in [0.5, 0.6) is 0 Å². The van der Waals surface area contributed by atoms with Crippen molar-refractivity contribution in [1.82, 2.24) is 4.57 Å². The van der Waals surface area contributed by atoms with Gasteiger partial charge in [-0.05, 0) is 41.1 Å². The molecule has 1 aromatic heterocycles. The van der Waals surface area contributed by atoms with Gasteiger partial charge in [-0.3, -0.25) is 0 Å². The summed E-state index contributed by atoms with van der Waals surface area (Å²) >= 11 is 9.85. The van der Waals surface area contributed by atoms with E-state index >= 15 is 0 Å². The minimum Gasteiger partial charge on any atom is -0.382 e. The number of nitrogens with zero attached hydrogens (tertiary/aromatic N) is 1. The lowest BCUT2D eigenvalue weighted by Gasteiger charge is -2.11. The number of aromatic nitrogens is 1. The van der Waals surface area contributed by atoms with Crippen LogP contribution in [0.25, 0.3) is 10.9 Å². The third-order valence-corrected chi connectivity index (χ3v) is 5.01. The van der Waals surface area contributed by atoms with Gasteiger partial charge in [-0.15, -0.1) is 0 Å². The van der Waals surface area contributed by atoms with Gasteiger partial charge in [0.05, 0.1) is 10.7 Å². The zero-order valence-corrected chi connectivity index (χ0v) is 14.1. The molecule has 0 aliphatic heterocycles. The highest BCUT2D eigenvalue weighted by Crippen LogP contribution is 2.30. The van der Waals surface area contributed by atoms with Crippen molar-refractivity contribution in [1.29, 1.82) is 0 Å². The normalized spacial score (nSPS) is 11.0. The summed E-state index contributed by atoms with van der Waals surface area (Å²) in [5.74, 6) is 0. The SMILES string of the molecule is Cc1c(Br)c2ccccc2n1CCNc1ccccc1Cl. The number of anilines is 1. The lowest BCUT2D eigenvalue weighted by atomic mass is 10.2. The van der Waals surface area contributed by atoms with E-state index in [0.717, 1.165) is 23.8 Å². The summed E-state index contributed by atoms with van der Waals surface area (Å²) in [5.41, 5.74) is 3.48. The number of benzene rings is 2. The maximum absolute atomic E-state index is 6.16. The Kier molecular flexibility index (Phi) is 4.22. The molecule has 2 aromatic carbocycles. The molecule has 3 aromatic rings. The number of hydrogen-bond donors (Lipinski definition) is 1. The largest absolute Gasteiger partial charge is 0.382 e. The van der Waals surface area contributed by atoms with Gasteiger partial charge >= 0.3 is 0 Å². The Hall–Kier alpha value is -1.45. The molecule has 1 heterocycles. The van der Waals surface area contributed by atoms with Gasteiger partial charge in [0.2, 0.25) is 0 Å². The molecule has 0 bridgehead atoms. The van der Waals surface area contributed by atoms with Gasteiger partial charge in [0.1, 0.15) is 0 Å². The molecule has 0 aliphatic carbocycles. The van der Waals surface area contributed by atoms with Gasteiger partial charge in [-0.25, -0.2) is 0 Å². The number of fused-ring (bicyclic) bond motifs is 1. The fourth-order valence-corrected chi connectivity index (χ4v) is 3.34. The fraction of sp³-hybridized carbons (Fsp3) is 0.176. The zero-order chi connectivity index (χ0) is 14.8. The van der Waals surface area contributed by atoms with Crippen molar-refractivity contribution < 1.29 is 0 Å². The Bertz CT molecular complexity index is 780. The van der Waals surface area contributed by atoms with Crippen molar-refractivity contribution in [3.63, 3.8) is 0 Å². The maximum Gasteiger partial charge on any atom is 0.0637 e. The summed E-state index contributed by atoms with van der Waals surface area (Å²) in [6.45, 7) is 3.86. The van der Waals surface area contributed by atoms with Gasteiger partial charge in [-0.2, -0.15) is 0 Å². The molecule has 0 fully saturated rings. The van der Waals surface area contributed by atoms with Crippen LogP contribution in [0.3, 0.4) is 0 Å². The number of nitrogens with one attached hydrogen (secondary N) is 1. The van der Waals surface area contributed by atoms with E-state index < -0.39 is 0 Å². The molecule has 0 unspecified atom stereocenters. The van der Waals surface area contributed by atoms with Crippen LogP contribution in [0.1, 0.15) is 5.69 Å². The average molecular weight is 364 g/mol. The molecule has 0 radical (unpaired) electrons. The van der Waals surface area contributed by atoms with Crippen LogP contribution in [0.2, 0.25) is 5.02 Å². The van der Waals surface area contributed by atoms with E-state index in [9.17, 15) is 0 Å². The lowest BCUT2D eigenvalue weighted by Crippen LogP contribution is -2.11. The summed E-state index contributed by atoms with van der Waals surface area (Å²) < 4.78 is 3.50. The van der Waals surface area contributed by atoms with Gasteiger partial charge in [0.15, 0.2) is 0 Å². The third kappa shape index (κ3) is 2.81. The van der Waals surface area contributed by atoms with Crippen LogP contribution in [0, 0.1) is 6.92 Å². The van der Waals surface area contributed by atoms with E-state index in [-0.39, 0.29) is 0 Å². The molecule has 108 valence electrons. The Morgan fingerprint density at radius 1 is 1.10 bits per heavy atom. The first-order valence-electron chi connectivity index (χ1n) is 6.90. The fourth-order valence-electron chi connectivity index (χ4n) is 2.58. The molecule has 0 atom stereocenters.